The molecule has 0 fully saturated rings. The second-order valence-corrected chi connectivity index (χ2v) is 6.79. The van der Waals surface area contributed by atoms with Gasteiger partial charge in [0.15, 0.2) is 11.3 Å². The van der Waals surface area contributed by atoms with Gasteiger partial charge in [-0.25, -0.2) is 9.50 Å². The van der Waals surface area contributed by atoms with Crippen LogP contribution in [0.1, 0.15) is 16.2 Å². The minimum atomic E-state index is -0.384. The van der Waals surface area contributed by atoms with E-state index in [1.165, 1.54) is 0 Å². The van der Waals surface area contributed by atoms with Crippen LogP contribution in [0.4, 0.5) is 5.69 Å². The molecule has 1 amide bonds. The molecule has 1 N–H and O–H groups in total. The van der Waals surface area contributed by atoms with Gasteiger partial charge >= 0.3 is 0 Å². The smallest absolute Gasteiger partial charge is 0.276 e. The monoisotopic (exact) mass is 396 g/mol. The number of anilines is 1. The Bertz CT molecular complexity index is 1160. The van der Waals surface area contributed by atoms with E-state index in [0.29, 0.717) is 16.4 Å². The molecular weight excluding hydrogens is 383 g/mol. The Kier molecular flexibility index (Phi) is 4.56. The number of halogens is 2. The molecule has 2 aromatic carbocycles. The summed E-state index contributed by atoms with van der Waals surface area (Å²) in [4.78, 5) is 17.2. The third-order valence-corrected chi connectivity index (χ3v) is 4.93. The molecule has 7 heteroatoms. The van der Waals surface area contributed by atoms with Gasteiger partial charge in [-0.2, -0.15) is 5.10 Å². The normalized spacial score (nSPS) is 10.9. The van der Waals surface area contributed by atoms with Crippen LogP contribution < -0.4 is 5.32 Å². The van der Waals surface area contributed by atoms with E-state index in [9.17, 15) is 4.79 Å². The standard InChI is InChI=1S/C20H14Cl2N4O/c1-12-10-16(13-6-3-2-4-7-13)23-18-11-17(25-26(12)18)20(27)24-15-9-5-8-14(21)19(15)22/h2-11H,1H3,(H,24,27). The van der Waals surface area contributed by atoms with Gasteiger partial charge in [0.05, 0.1) is 21.4 Å². The molecule has 4 aromatic rings. The Morgan fingerprint density at radius 1 is 1.04 bits per heavy atom. The highest BCUT2D eigenvalue weighted by atomic mass is 35.5. The summed E-state index contributed by atoms with van der Waals surface area (Å²) in [6.45, 7) is 1.92. The third kappa shape index (κ3) is 3.39. The average molecular weight is 397 g/mol. The highest BCUT2D eigenvalue weighted by Gasteiger charge is 2.16. The average Bonchev–Trinajstić information content (AvgIpc) is 3.11. The van der Waals surface area contributed by atoms with Gasteiger partial charge in [-0.05, 0) is 25.1 Å². The zero-order valence-corrected chi connectivity index (χ0v) is 15.8. The number of aryl methyl sites for hydroxylation is 1. The number of benzene rings is 2. The van der Waals surface area contributed by atoms with Crippen molar-refractivity contribution in [3.8, 4) is 11.3 Å². The number of carbonyl (C=O) groups excluding carboxylic acids is 1. The molecule has 4 rings (SSSR count). The lowest BCUT2D eigenvalue weighted by Gasteiger charge is -2.06. The van der Waals surface area contributed by atoms with Gasteiger partial charge in [0.2, 0.25) is 0 Å². The lowest BCUT2D eigenvalue weighted by molar-refractivity contribution is 0.102. The number of carbonyl (C=O) groups is 1. The quantitative estimate of drug-likeness (QED) is 0.513. The molecule has 5 nitrogen and oxygen atoms in total. The van der Waals surface area contributed by atoms with Crippen LogP contribution in [0, 0.1) is 6.92 Å². The Labute approximate surface area is 165 Å². The Hall–Kier alpha value is -2.89. The molecule has 0 spiro atoms. The summed E-state index contributed by atoms with van der Waals surface area (Å²) >= 11 is 12.1. The van der Waals surface area contributed by atoms with Crippen molar-refractivity contribution < 1.29 is 4.79 Å². The number of amides is 1. The zero-order valence-electron chi connectivity index (χ0n) is 14.3. The molecule has 2 heterocycles. The molecule has 0 radical (unpaired) electrons. The minimum absolute atomic E-state index is 0.242. The highest BCUT2D eigenvalue weighted by Crippen LogP contribution is 2.30. The number of fused-ring (bicyclic) bond motifs is 1. The number of hydrogen-bond donors (Lipinski definition) is 1. The van der Waals surface area contributed by atoms with Gasteiger partial charge in [0.1, 0.15) is 0 Å². The van der Waals surface area contributed by atoms with Crippen molar-refractivity contribution in [2.24, 2.45) is 0 Å². The van der Waals surface area contributed by atoms with Crippen LogP contribution in [-0.2, 0) is 0 Å². The second-order valence-electron chi connectivity index (χ2n) is 6.00. The Morgan fingerprint density at radius 2 is 1.81 bits per heavy atom. The largest absolute Gasteiger partial charge is 0.319 e. The second kappa shape index (κ2) is 7.02. The van der Waals surface area contributed by atoms with Crippen molar-refractivity contribution in [1.29, 1.82) is 0 Å². The molecule has 0 bridgehead atoms. The van der Waals surface area contributed by atoms with Gasteiger partial charge in [-0.3, -0.25) is 4.79 Å². The molecule has 0 unspecified atom stereocenters. The third-order valence-electron chi connectivity index (χ3n) is 4.11. The molecular formula is C20H14Cl2N4O. The topological polar surface area (TPSA) is 59.3 Å². The summed E-state index contributed by atoms with van der Waals surface area (Å²) in [7, 11) is 0. The lowest BCUT2D eigenvalue weighted by atomic mass is 10.1. The summed E-state index contributed by atoms with van der Waals surface area (Å²) in [5.41, 5.74) is 3.97. The first kappa shape index (κ1) is 17.5. The van der Waals surface area contributed by atoms with Crippen molar-refractivity contribution in [2.45, 2.75) is 6.92 Å². The van der Waals surface area contributed by atoms with Gasteiger partial charge in [-0.15, -0.1) is 0 Å². The fraction of sp³-hybridized carbons (Fsp3) is 0.0500. The first-order chi connectivity index (χ1) is 13.0. The molecule has 0 aliphatic heterocycles. The van der Waals surface area contributed by atoms with Crippen LogP contribution in [0.25, 0.3) is 16.9 Å². The van der Waals surface area contributed by atoms with Crippen molar-refractivity contribution in [3.05, 3.63) is 82.1 Å². The fourth-order valence-electron chi connectivity index (χ4n) is 2.78. The van der Waals surface area contributed by atoms with Crippen LogP contribution >= 0.6 is 23.2 Å². The van der Waals surface area contributed by atoms with Crippen molar-refractivity contribution in [2.75, 3.05) is 5.32 Å². The maximum Gasteiger partial charge on any atom is 0.276 e. The molecule has 0 aliphatic rings. The first-order valence-electron chi connectivity index (χ1n) is 8.21. The van der Waals surface area contributed by atoms with E-state index >= 15 is 0 Å². The van der Waals surface area contributed by atoms with Gasteiger partial charge < -0.3 is 5.32 Å². The zero-order chi connectivity index (χ0) is 19.0. The summed E-state index contributed by atoms with van der Waals surface area (Å²) < 4.78 is 1.64. The fourth-order valence-corrected chi connectivity index (χ4v) is 3.13. The van der Waals surface area contributed by atoms with Crippen molar-refractivity contribution >= 4 is 40.4 Å². The van der Waals surface area contributed by atoms with Crippen LogP contribution in [-0.4, -0.2) is 20.5 Å². The van der Waals surface area contributed by atoms with E-state index in [0.717, 1.165) is 17.0 Å². The van der Waals surface area contributed by atoms with Gasteiger partial charge in [-0.1, -0.05) is 59.6 Å². The van der Waals surface area contributed by atoms with Crippen LogP contribution in [0.3, 0.4) is 0 Å². The molecule has 0 saturated carbocycles. The first-order valence-corrected chi connectivity index (χ1v) is 8.97. The van der Waals surface area contributed by atoms with Gasteiger partial charge in [0, 0.05) is 17.3 Å². The number of rotatable bonds is 3. The predicted octanol–water partition coefficient (Wildman–Crippen LogP) is 5.26. The molecule has 134 valence electrons. The highest BCUT2D eigenvalue weighted by molar-refractivity contribution is 6.44. The van der Waals surface area contributed by atoms with Crippen LogP contribution in [0.5, 0.6) is 0 Å². The maximum atomic E-state index is 12.6. The summed E-state index contributed by atoms with van der Waals surface area (Å²) in [6, 6.07) is 18.5. The van der Waals surface area contributed by atoms with E-state index < -0.39 is 0 Å². The Balaban J connectivity index is 1.70. The van der Waals surface area contributed by atoms with E-state index in [1.807, 2.05) is 43.3 Å². The lowest BCUT2D eigenvalue weighted by Crippen LogP contribution is -2.13. The van der Waals surface area contributed by atoms with E-state index in [2.05, 4.69) is 15.4 Å². The number of nitrogens with one attached hydrogen (secondary N) is 1. The van der Waals surface area contributed by atoms with Crippen LogP contribution in [0.2, 0.25) is 10.0 Å². The van der Waals surface area contributed by atoms with E-state index in [1.54, 1.807) is 28.8 Å². The Morgan fingerprint density at radius 3 is 2.59 bits per heavy atom. The summed E-state index contributed by atoms with van der Waals surface area (Å²) in [5.74, 6) is -0.384. The van der Waals surface area contributed by atoms with E-state index in [-0.39, 0.29) is 16.6 Å². The molecule has 2 aromatic heterocycles. The summed E-state index contributed by atoms with van der Waals surface area (Å²) in [5, 5.41) is 7.76. The van der Waals surface area contributed by atoms with Crippen molar-refractivity contribution in [3.63, 3.8) is 0 Å². The predicted molar refractivity (Wildman–Crippen MR) is 108 cm³/mol. The number of nitrogens with zero attached hydrogens (tertiary/aromatic N) is 3. The van der Waals surface area contributed by atoms with Crippen molar-refractivity contribution in [1.82, 2.24) is 14.6 Å². The molecule has 27 heavy (non-hydrogen) atoms. The maximum absolute atomic E-state index is 12.6. The minimum Gasteiger partial charge on any atom is -0.319 e. The molecule has 0 atom stereocenters. The SMILES string of the molecule is Cc1cc(-c2ccccc2)nc2cc(C(=O)Nc3cccc(Cl)c3Cl)nn12. The van der Waals surface area contributed by atoms with Gasteiger partial charge in [0.25, 0.3) is 5.91 Å². The van der Waals surface area contributed by atoms with E-state index in [4.69, 9.17) is 23.2 Å². The number of aromatic nitrogens is 3. The molecule has 0 saturated heterocycles. The molecule has 0 aliphatic carbocycles. The summed E-state index contributed by atoms with van der Waals surface area (Å²) in [6.07, 6.45) is 0. The number of hydrogen-bond acceptors (Lipinski definition) is 3. The van der Waals surface area contributed by atoms with Crippen LogP contribution in [0.15, 0.2) is 60.7 Å².